The summed E-state index contributed by atoms with van der Waals surface area (Å²) in [5, 5.41) is 0. The zero-order valence-electron chi connectivity index (χ0n) is 15.8. The highest BCUT2D eigenvalue weighted by Gasteiger charge is 2.29. The lowest BCUT2D eigenvalue weighted by Gasteiger charge is -2.32. The fraction of sp³-hybridized carbons (Fsp3) is 0.700. The molecule has 0 radical (unpaired) electrons. The van der Waals surface area contributed by atoms with Crippen LogP contribution in [0.3, 0.4) is 0 Å². The number of nitrogens with zero attached hydrogens (tertiary/aromatic N) is 1. The monoisotopic (exact) mass is 363 g/mol. The summed E-state index contributed by atoms with van der Waals surface area (Å²) in [7, 11) is 0. The van der Waals surface area contributed by atoms with Gasteiger partial charge in [0.05, 0.1) is 6.10 Å². The average molecular weight is 363 g/mol. The molecular formula is C20H29NO5. The van der Waals surface area contributed by atoms with Gasteiger partial charge in [0, 0.05) is 38.8 Å². The van der Waals surface area contributed by atoms with E-state index >= 15 is 0 Å². The van der Waals surface area contributed by atoms with E-state index in [1.807, 2.05) is 13.0 Å². The Morgan fingerprint density at radius 1 is 1.31 bits per heavy atom. The Morgan fingerprint density at radius 2 is 2.08 bits per heavy atom. The van der Waals surface area contributed by atoms with Crippen LogP contribution in [-0.4, -0.2) is 49.8 Å². The minimum Gasteiger partial charge on any atom is -0.427 e. The van der Waals surface area contributed by atoms with Crippen LogP contribution < -0.4 is 5.63 Å². The minimum absolute atomic E-state index is 0.0570. The van der Waals surface area contributed by atoms with Gasteiger partial charge in [-0.25, -0.2) is 4.79 Å². The number of rotatable bonds is 5. The van der Waals surface area contributed by atoms with E-state index in [0.29, 0.717) is 44.2 Å². The van der Waals surface area contributed by atoms with Crippen molar-refractivity contribution < 1.29 is 18.7 Å². The Balaban J connectivity index is 1.75. The summed E-state index contributed by atoms with van der Waals surface area (Å²) in [4.78, 5) is 27.2. The second kappa shape index (κ2) is 8.82. The molecule has 0 saturated carbocycles. The molecule has 26 heavy (non-hydrogen) atoms. The molecule has 1 amide bonds. The van der Waals surface area contributed by atoms with Gasteiger partial charge in [-0.2, -0.15) is 0 Å². The van der Waals surface area contributed by atoms with Crippen molar-refractivity contribution in [3.05, 3.63) is 33.4 Å². The van der Waals surface area contributed by atoms with Crippen LogP contribution in [0.15, 0.2) is 15.3 Å². The Bertz CT molecular complexity index is 677. The molecule has 0 bridgehead atoms. The first-order valence-electron chi connectivity index (χ1n) is 9.73. The van der Waals surface area contributed by atoms with Gasteiger partial charge in [-0.3, -0.25) is 4.79 Å². The lowest BCUT2D eigenvalue weighted by atomic mass is 9.95. The van der Waals surface area contributed by atoms with Crippen LogP contribution in [0, 0.1) is 6.92 Å². The predicted molar refractivity (Wildman–Crippen MR) is 97.7 cm³/mol. The number of carbonyl (C=O) groups is 1. The number of ether oxygens (including phenoxy) is 2. The molecule has 1 aromatic heterocycles. The van der Waals surface area contributed by atoms with Crippen molar-refractivity contribution in [3.63, 3.8) is 0 Å². The van der Waals surface area contributed by atoms with E-state index < -0.39 is 5.63 Å². The maximum Gasteiger partial charge on any atom is 0.349 e. The summed E-state index contributed by atoms with van der Waals surface area (Å²) in [6.07, 6.45) is 4.56. The fourth-order valence-electron chi connectivity index (χ4n) is 3.77. The fourth-order valence-corrected chi connectivity index (χ4v) is 3.77. The lowest BCUT2D eigenvalue weighted by Crippen LogP contribution is -2.44. The summed E-state index contributed by atoms with van der Waals surface area (Å²) >= 11 is 0. The van der Waals surface area contributed by atoms with E-state index in [4.69, 9.17) is 13.9 Å². The van der Waals surface area contributed by atoms with Gasteiger partial charge < -0.3 is 18.8 Å². The third-order valence-electron chi connectivity index (χ3n) is 5.23. The molecule has 2 saturated heterocycles. The van der Waals surface area contributed by atoms with Crippen molar-refractivity contribution in [2.45, 2.75) is 58.0 Å². The molecule has 0 aliphatic carbocycles. The second-order valence-corrected chi connectivity index (χ2v) is 7.27. The predicted octanol–water partition coefficient (Wildman–Crippen LogP) is 2.87. The zero-order valence-corrected chi connectivity index (χ0v) is 15.8. The first kappa shape index (κ1) is 19.1. The number of hydrogen-bond acceptors (Lipinski definition) is 5. The normalized spacial score (nSPS) is 21.8. The van der Waals surface area contributed by atoms with E-state index in [1.54, 1.807) is 4.90 Å². The summed E-state index contributed by atoms with van der Waals surface area (Å²) in [6, 6.07) is 1.86. The number of piperidine rings is 1. The van der Waals surface area contributed by atoms with E-state index in [-0.39, 0.29) is 23.5 Å². The Kier molecular flexibility index (Phi) is 6.48. The van der Waals surface area contributed by atoms with Crippen LogP contribution in [0.1, 0.15) is 66.6 Å². The van der Waals surface area contributed by atoms with Crippen molar-refractivity contribution in [1.82, 2.24) is 4.90 Å². The van der Waals surface area contributed by atoms with Crippen LogP contribution in [0.2, 0.25) is 0 Å². The number of carbonyl (C=O) groups excluding carboxylic acids is 1. The average Bonchev–Trinajstić information content (AvgIpc) is 2.66. The van der Waals surface area contributed by atoms with Crippen LogP contribution in [0.25, 0.3) is 0 Å². The summed E-state index contributed by atoms with van der Waals surface area (Å²) in [5.41, 5.74) is 0.342. The molecule has 0 aromatic carbocycles. The van der Waals surface area contributed by atoms with Crippen LogP contribution in [-0.2, 0) is 9.47 Å². The molecule has 2 aliphatic heterocycles. The molecule has 6 heteroatoms. The largest absolute Gasteiger partial charge is 0.427 e. The van der Waals surface area contributed by atoms with E-state index in [0.717, 1.165) is 32.1 Å². The SMILES string of the molecule is CCCOC1CCCN(C(=O)c2c(C)cc(C3CCOCC3)oc2=O)C1. The second-order valence-electron chi connectivity index (χ2n) is 7.27. The van der Waals surface area contributed by atoms with Crippen LogP contribution in [0.4, 0.5) is 0 Å². The molecule has 6 nitrogen and oxygen atoms in total. The van der Waals surface area contributed by atoms with E-state index in [9.17, 15) is 9.59 Å². The Morgan fingerprint density at radius 3 is 2.77 bits per heavy atom. The van der Waals surface area contributed by atoms with Gasteiger partial charge >= 0.3 is 5.63 Å². The van der Waals surface area contributed by atoms with E-state index in [2.05, 4.69) is 6.92 Å². The van der Waals surface area contributed by atoms with Crippen molar-refractivity contribution in [3.8, 4) is 0 Å². The third-order valence-corrected chi connectivity index (χ3v) is 5.23. The van der Waals surface area contributed by atoms with Crippen molar-refractivity contribution in [2.24, 2.45) is 0 Å². The third kappa shape index (κ3) is 4.35. The lowest BCUT2D eigenvalue weighted by molar-refractivity contribution is 0.00192. The first-order chi connectivity index (χ1) is 12.6. The maximum absolute atomic E-state index is 12.9. The highest BCUT2D eigenvalue weighted by atomic mass is 16.5. The van der Waals surface area contributed by atoms with Gasteiger partial charge in [0.25, 0.3) is 5.91 Å². The standard InChI is InChI=1S/C20H29NO5/c1-3-9-25-16-5-4-8-21(13-16)19(22)18-14(2)12-17(26-20(18)23)15-6-10-24-11-7-15/h12,15-16H,3-11,13H2,1-2H3. The minimum atomic E-state index is -0.520. The van der Waals surface area contributed by atoms with Crippen LogP contribution in [0.5, 0.6) is 0 Å². The number of aryl methyl sites for hydroxylation is 1. The van der Waals surface area contributed by atoms with Gasteiger partial charge in [0.2, 0.25) is 0 Å². The molecule has 3 heterocycles. The smallest absolute Gasteiger partial charge is 0.349 e. The molecule has 0 N–H and O–H groups in total. The molecule has 0 spiro atoms. The van der Waals surface area contributed by atoms with Gasteiger partial charge in [-0.05, 0) is 50.7 Å². The quantitative estimate of drug-likeness (QED) is 0.805. The molecule has 1 atom stereocenters. The molecule has 1 unspecified atom stereocenters. The summed E-state index contributed by atoms with van der Waals surface area (Å²) in [5.74, 6) is 0.635. The number of hydrogen-bond donors (Lipinski definition) is 0. The first-order valence-corrected chi connectivity index (χ1v) is 9.73. The molecular weight excluding hydrogens is 334 g/mol. The van der Waals surface area contributed by atoms with Crippen molar-refractivity contribution >= 4 is 5.91 Å². The Labute approximate surface area is 154 Å². The summed E-state index contributed by atoms with van der Waals surface area (Å²) in [6.45, 7) is 7.16. The zero-order chi connectivity index (χ0) is 18.5. The molecule has 1 aromatic rings. The van der Waals surface area contributed by atoms with Crippen LogP contribution >= 0.6 is 0 Å². The van der Waals surface area contributed by atoms with Gasteiger partial charge in [0.15, 0.2) is 0 Å². The van der Waals surface area contributed by atoms with Crippen molar-refractivity contribution in [1.29, 1.82) is 0 Å². The number of amides is 1. The van der Waals surface area contributed by atoms with Crippen molar-refractivity contribution in [2.75, 3.05) is 32.9 Å². The molecule has 144 valence electrons. The van der Waals surface area contributed by atoms with Gasteiger partial charge in [-0.1, -0.05) is 6.92 Å². The highest BCUT2D eigenvalue weighted by molar-refractivity contribution is 5.95. The summed E-state index contributed by atoms with van der Waals surface area (Å²) < 4.78 is 16.7. The van der Waals surface area contributed by atoms with Gasteiger partial charge in [0.1, 0.15) is 11.3 Å². The molecule has 3 rings (SSSR count). The van der Waals surface area contributed by atoms with Gasteiger partial charge in [-0.15, -0.1) is 0 Å². The Hall–Kier alpha value is -1.66. The highest BCUT2D eigenvalue weighted by Crippen LogP contribution is 2.27. The molecule has 2 fully saturated rings. The topological polar surface area (TPSA) is 69.0 Å². The van der Waals surface area contributed by atoms with E-state index in [1.165, 1.54) is 0 Å². The maximum atomic E-state index is 12.9. The number of likely N-dealkylation sites (tertiary alicyclic amines) is 1. The molecule has 2 aliphatic rings.